The lowest BCUT2D eigenvalue weighted by Gasteiger charge is -2.17. The van der Waals surface area contributed by atoms with Crippen molar-refractivity contribution < 1.29 is 27.8 Å². The molecule has 1 N–H and O–H groups in total. The van der Waals surface area contributed by atoms with Gasteiger partial charge in [-0.15, -0.1) is 0 Å². The summed E-state index contributed by atoms with van der Waals surface area (Å²) in [5, 5.41) is 2.93. The Hall–Kier alpha value is -1.86. The molecule has 1 atom stereocenters. The predicted octanol–water partition coefficient (Wildman–Crippen LogP) is 2.10. The lowest BCUT2D eigenvalue weighted by molar-refractivity contribution is -0.143. The Balaban J connectivity index is 2.80. The van der Waals surface area contributed by atoms with Gasteiger partial charge in [0, 0.05) is 19.3 Å². The summed E-state index contributed by atoms with van der Waals surface area (Å²) in [6.45, 7) is 2.80. The number of carbonyl (C=O) groups is 2. The number of ether oxygens (including phenoxy) is 2. The molecule has 1 aromatic rings. The molecule has 0 heterocycles. The molecule has 0 aliphatic heterocycles. The van der Waals surface area contributed by atoms with Crippen LogP contribution in [0.5, 0.6) is 0 Å². The number of esters is 1. The van der Waals surface area contributed by atoms with Crippen LogP contribution in [0.4, 0.5) is 8.78 Å². The van der Waals surface area contributed by atoms with Crippen molar-refractivity contribution in [3.63, 3.8) is 0 Å². The van der Waals surface area contributed by atoms with Crippen molar-refractivity contribution in [3.8, 4) is 0 Å². The van der Waals surface area contributed by atoms with Gasteiger partial charge in [0.1, 0.15) is 0 Å². The molecule has 1 aromatic carbocycles. The molecule has 128 valence electrons. The van der Waals surface area contributed by atoms with Crippen LogP contribution in [-0.4, -0.2) is 44.7 Å². The summed E-state index contributed by atoms with van der Waals surface area (Å²) in [6, 6.07) is 2.04. The van der Waals surface area contributed by atoms with E-state index in [-0.39, 0.29) is 18.6 Å². The van der Waals surface area contributed by atoms with Gasteiger partial charge in [0.15, 0.2) is 17.4 Å². The number of ketones is 1. The second-order valence-corrected chi connectivity index (χ2v) is 4.86. The number of carbonyl (C=O) groups excluding carboxylic acids is 2. The summed E-state index contributed by atoms with van der Waals surface area (Å²) >= 11 is 0. The second kappa shape index (κ2) is 10.0. The quantitative estimate of drug-likeness (QED) is 0.404. The van der Waals surface area contributed by atoms with Gasteiger partial charge in [-0.3, -0.25) is 9.59 Å². The highest BCUT2D eigenvalue weighted by Gasteiger charge is 2.24. The van der Waals surface area contributed by atoms with Crippen LogP contribution in [0.3, 0.4) is 0 Å². The molecule has 23 heavy (non-hydrogen) atoms. The number of halogens is 2. The molecule has 0 spiro atoms. The Morgan fingerprint density at radius 1 is 1.26 bits per heavy atom. The first-order valence-electron chi connectivity index (χ1n) is 7.36. The van der Waals surface area contributed by atoms with Crippen molar-refractivity contribution in [1.82, 2.24) is 5.32 Å². The lowest BCUT2D eigenvalue weighted by atomic mass is 10.0. The topological polar surface area (TPSA) is 64.6 Å². The third-order valence-electron chi connectivity index (χ3n) is 3.11. The van der Waals surface area contributed by atoms with Crippen LogP contribution in [-0.2, 0) is 14.3 Å². The molecule has 7 heteroatoms. The zero-order chi connectivity index (χ0) is 17.2. The van der Waals surface area contributed by atoms with Crippen molar-refractivity contribution in [2.45, 2.75) is 25.8 Å². The summed E-state index contributed by atoms with van der Waals surface area (Å²) in [6.07, 6.45) is 0.458. The van der Waals surface area contributed by atoms with Crippen LogP contribution in [0.15, 0.2) is 18.2 Å². The van der Waals surface area contributed by atoms with E-state index in [4.69, 9.17) is 9.47 Å². The maximum Gasteiger partial charge on any atom is 0.307 e. The van der Waals surface area contributed by atoms with Gasteiger partial charge in [-0.25, -0.2) is 8.78 Å². The van der Waals surface area contributed by atoms with Crippen molar-refractivity contribution in [3.05, 3.63) is 35.4 Å². The fourth-order valence-corrected chi connectivity index (χ4v) is 1.99. The highest BCUT2D eigenvalue weighted by atomic mass is 19.2. The molecule has 1 rings (SSSR count). The first kappa shape index (κ1) is 19.2. The van der Waals surface area contributed by atoms with Gasteiger partial charge in [-0.1, -0.05) is 0 Å². The highest BCUT2D eigenvalue weighted by molar-refractivity contribution is 6.01. The summed E-state index contributed by atoms with van der Waals surface area (Å²) in [7, 11) is 1.56. The van der Waals surface area contributed by atoms with Crippen molar-refractivity contribution >= 4 is 11.8 Å². The van der Waals surface area contributed by atoms with Gasteiger partial charge >= 0.3 is 5.97 Å². The number of nitrogens with one attached hydrogen (secondary N) is 1. The van der Waals surface area contributed by atoms with Crippen molar-refractivity contribution in [1.29, 1.82) is 0 Å². The molecular weight excluding hydrogens is 308 g/mol. The molecule has 0 amide bonds. The van der Waals surface area contributed by atoms with Crippen LogP contribution in [0, 0.1) is 11.6 Å². The number of rotatable bonds is 10. The Morgan fingerprint density at radius 3 is 2.61 bits per heavy atom. The largest absolute Gasteiger partial charge is 0.466 e. The zero-order valence-corrected chi connectivity index (χ0v) is 13.2. The van der Waals surface area contributed by atoms with Gasteiger partial charge in [-0.2, -0.15) is 0 Å². The molecule has 0 radical (unpaired) electrons. The molecule has 0 bridgehead atoms. The highest BCUT2D eigenvalue weighted by Crippen LogP contribution is 2.12. The van der Waals surface area contributed by atoms with E-state index in [1.54, 1.807) is 14.0 Å². The van der Waals surface area contributed by atoms with Crippen LogP contribution in [0.1, 0.15) is 30.1 Å². The van der Waals surface area contributed by atoms with Gasteiger partial charge in [0.05, 0.1) is 19.1 Å². The Kier molecular flexibility index (Phi) is 8.36. The SMILES string of the molecule is CCOC(=O)CC(NCCCOC)C(=O)c1ccc(F)c(F)c1. The summed E-state index contributed by atoms with van der Waals surface area (Å²) in [5.41, 5.74) is -0.00237. The van der Waals surface area contributed by atoms with E-state index in [1.165, 1.54) is 6.07 Å². The number of benzene rings is 1. The van der Waals surface area contributed by atoms with Crippen LogP contribution in [0.25, 0.3) is 0 Å². The Bertz CT molecular complexity index is 537. The number of hydrogen-bond donors (Lipinski definition) is 1. The summed E-state index contributed by atoms with van der Waals surface area (Å²) in [5.74, 6) is -3.16. The fourth-order valence-electron chi connectivity index (χ4n) is 1.99. The Labute approximate surface area is 134 Å². The van der Waals surface area contributed by atoms with E-state index in [0.29, 0.717) is 19.6 Å². The molecular formula is C16H21F2NO4. The molecule has 5 nitrogen and oxygen atoms in total. The van der Waals surface area contributed by atoms with Gasteiger partial charge in [0.25, 0.3) is 0 Å². The van der Waals surface area contributed by atoms with Gasteiger partial charge in [-0.05, 0) is 38.1 Å². The summed E-state index contributed by atoms with van der Waals surface area (Å²) < 4.78 is 36.0. The zero-order valence-electron chi connectivity index (χ0n) is 13.2. The fraction of sp³-hybridized carbons (Fsp3) is 0.500. The minimum Gasteiger partial charge on any atom is -0.466 e. The molecule has 0 aliphatic rings. The maximum atomic E-state index is 13.3. The molecule has 0 aromatic heterocycles. The average molecular weight is 329 g/mol. The van der Waals surface area contributed by atoms with Crippen LogP contribution in [0.2, 0.25) is 0 Å². The smallest absolute Gasteiger partial charge is 0.307 e. The standard InChI is InChI=1S/C16H21F2NO4/c1-3-23-15(20)10-14(19-7-4-8-22-2)16(21)11-5-6-12(17)13(18)9-11/h5-6,9,14,19H,3-4,7-8,10H2,1-2H3. The minimum atomic E-state index is -1.11. The van der Waals surface area contributed by atoms with Crippen LogP contribution >= 0.6 is 0 Å². The van der Waals surface area contributed by atoms with E-state index in [9.17, 15) is 18.4 Å². The van der Waals surface area contributed by atoms with Crippen LogP contribution < -0.4 is 5.32 Å². The van der Waals surface area contributed by atoms with Crippen molar-refractivity contribution in [2.24, 2.45) is 0 Å². The van der Waals surface area contributed by atoms with E-state index in [1.807, 2.05) is 0 Å². The molecule has 0 saturated heterocycles. The molecule has 1 unspecified atom stereocenters. The maximum absolute atomic E-state index is 13.3. The van der Waals surface area contributed by atoms with Gasteiger partial charge in [0.2, 0.25) is 0 Å². The average Bonchev–Trinajstić information content (AvgIpc) is 2.52. The third-order valence-corrected chi connectivity index (χ3v) is 3.11. The minimum absolute atomic E-state index is 0.00237. The second-order valence-electron chi connectivity index (χ2n) is 4.86. The normalized spacial score (nSPS) is 12.0. The van der Waals surface area contributed by atoms with E-state index < -0.39 is 29.4 Å². The van der Waals surface area contributed by atoms with E-state index in [2.05, 4.69) is 5.32 Å². The number of hydrogen-bond acceptors (Lipinski definition) is 5. The van der Waals surface area contributed by atoms with Gasteiger partial charge < -0.3 is 14.8 Å². The van der Waals surface area contributed by atoms with E-state index >= 15 is 0 Å². The molecule has 0 saturated carbocycles. The molecule has 0 aliphatic carbocycles. The summed E-state index contributed by atoms with van der Waals surface area (Å²) in [4.78, 5) is 24.0. The lowest BCUT2D eigenvalue weighted by Crippen LogP contribution is -2.40. The third kappa shape index (κ3) is 6.42. The monoisotopic (exact) mass is 329 g/mol. The molecule has 0 fully saturated rings. The van der Waals surface area contributed by atoms with E-state index in [0.717, 1.165) is 12.1 Å². The first-order valence-corrected chi connectivity index (χ1v) is 7.36. The van der Waals surface area contributed by atoms with Crippen molar-refractivity contribution in [2.75, 3.05) is 26.9 Å². The predicted molar refractivity (Wildman–Crippen MR) is 80.2 cm³/mol. The number of Topliss-reactive ketones (excluding diaryl/α,β-unsaturated/α-hetero) is 1. The Morgan fingerprint density at radius 2 is 2.00 bits per heavy atom. The number of methoxy groups -OCH3 is 1. The first-order chi connectivity index (χ1) is 11.0.